The molecule has 0 atom stereocenters. The molecule has 2 N–H and O–H groups in total. The van der Waals surface area contributed by atoms with E-state index in [0.29, 0.717) is 33.7 Å². The number of hydrogen-bond donors (Lipinski definition) is 2. The number of nitrogens with zero attached hydrogens (tertiary/aromatic N) is 1. The third-order valence-electron chi connectivity index (χ3n) is 5.33. The van der Waals surface area contributed by atoms with E-state index < -0.39 is 21.5 Å². The van der Waals surface area contributed by atoms with Crippen molar-refractivity contribution < 1.29 is 17.9 Å². The number of hydrogen-bond acceptors (Lipinski definition) is 5. The second kappa shape index (κ2) is 8.68. The van der Waals surface area contributed by atoms with Gasteiger partial charge in [0.15, 0.2) is 0 Å². The van der Waals surface area contributed by atoms with E-state index in [1.165, 1.54) is 6.20 Å². The molecular formula is C25H23N3O5S. The first-order valence-corrected chi connectivity index (χ1v) is 12.2. The summed E-state index contributed by atoms with van der Waals surface area (Å²) in [5.41, 5.74) is 2.85. The van der Waals surface area contributed by atoms with Gasteiger partial charge in [-0.25, -0.2) is 13.0 Å². The van der Waals surface area contributed by atoms with Crippen LogP contribution in [-0.2, 0) is 10.0 Å². The highest BCUT2D eigenvalue weighted by atomic mass is 32.2. The molecule has 0 amide bonds. The standard InChI is InChI=1S/C25H23N3O5S/c1-5-22(29)28-14-20(18-11-12-26-23(18)25(28)30)19-13-17(27-34(4,31)32)9-10-21(19)33-24-15(2)7-6-8-16(24)3/h5-14,26-27H,1H2,2-4H3. The number of H-pyrrole nitrogens is 1. The molecule has 0 bridgehead atoms. The van der Waals surface area contributed by atoms with Crippen molar-refractivity contribution in [2.45, 2.75) is 13.8 Å². The summed E-state index contributed by atoms with van der Waals surface area (Å²) in [6, 6.07) is 12.3. The molecular weight excluding hydrogens is 454 g/mol. The summed E-state index contributed by atoms with van der Waals surface area (Å²) in [7, 11) is -3.54. The summed E-state index contributed by atoms with van der Waals surface area (Å²) < 4.78 is 33.5. The maximum atomic E-state index is 12.8. The van der Waals surface area contributed by atoms with Gasteiger partial charge in [-0.05, 0) is 55.3 Å². The quantitative estimate of drug-likeness (QED) is 0.394. The zero-order valence-corrected chi connectivity index (χ0v) is 19.7. The first-order chi connectivity index (χ1) is 16.1. The average molecular weight is 478 g/mol. The van der Waals surface area contributed by atoms with Gasteiger partial charge in [0, 0.05) is 34.6 Å². The summed E-state index contributed by atoms with van der Waals surface area (Å²) in [4.78, 5) is 28.1. The van der Waals surface area contributed by atoms with Gasteiger partial charge in [0.25, 0.3) is 11.5 Å². The summed E-state index contributed by atoms with van der Waals surface area (Å²) in [5, 5.41) is 0.556. The molecule has 4 aromatic rings. The number of anilines is 1. The van der Waals surface area contributed by atoms with Crippen molar-refractivity contribution in [2.75, 3.05) is 11.0 Å². The fraction of sp³-hybridized carbons (Fsp3) is 0.120. The lowest BCUT2D eigenvalue weighted by molar-refractivity contribution is 0.0966. The van der Waals surface area contributed by atoms with Crippen LogP contribution in [0.15, 0.2) is 72.3 Å². The van der Waals surface area contributed by atoms with Crippen molar-refractivity contribution in [3.8, 4) is 22.6 Å². The fourth-order valence-corrected chi connectivity index (χ4v) is 4.36. The molecule has 0 spiro atoms. The van der Waals surface area contributed by atoms with Crippen LogP contribution >= 0.6 is 0 Å². The number of allylic oxidation sites excluding steroid dienone is 1. The number of rotatable bonds is 6. The Morgan fingerprint density at radius 2 is 1.82 bits per heavy atom. The van der Waals surface area contributed by atoms with Crippen LogP contribution in [-0.4, -0.2) is 30.1 Å². The highest BCUT2D eigenvalue weighted by molar-refractivity contribution is 7.92. The molecule has 0 radical (unpaired) electrons. The number of ether oxygens (including phenoxy) is 1. The molecule has 34 heavy (non-hydrogen) atoms. The van der Waals surface area contributed by atoms with Gasteiger partial charge < -0.3 is 9.72 Å². The number of benzene rings is 2. The summed E-state index contributed by atoms with van der Waals surface area (Å²) >= 11 is 0. The fourth-order valence-electron chi connectivity index (χ4n) is 3.80. The van der Waals surface area contributed by atoms with Crippen LogP contribution in [0.4, 0.5) is 5.69 Å². The summed E-state index contributed by atoms with van der Waals surface area (Å²) in [6.07, 6.45) is 5.12. The minimum atomic E-state index is -3.54. The SMILES string of the molecule is C=CC(=O)n1cc(-c2cc(NS(C)(=O)=O)ccc2Oc2c(C)cccc2C)c2cc[nH]c2c1=O. The largest absolute Gasteiger partial charge is 0.456 e. The van der Waals surface area contributed by atoms with Crippen LogP contribution < -0.4 is 15.0 Å². The average Bonchev–Trinajstić information content (AvgIpc) is 3.26. The molecule has 2 aromatic heterocycles. The number of nitrogens with one attached hydrogen (secondary N) is 2. The first-order valence-electron chi connectivity index (χ1n) is 10.3. The highest BCUT2D eigenvalue weighted by Crippen LogP contribution is 2.40. The highest BCUT2D eigenvalue weighted by Gasteiger charge is 2.19. The molecule has 0 aliphatic carbocycles. The number of aromatic nitrogens is 2. The van der Waals surface area contributed by atoms with Gasteiger partial charge in [0.1, 0.15) is 17.0 Å². The van der Waals surface area contributed by atoms with E-state index in [0.717, 1.165) is 28.0 Å². The number of pyridine rings is 1. The monoisotopic (exact) mass is 477 g/mol. The summed E-state index contributed by atoms with van der Waals surface area (Å²) in [5.74, 6) is 0.494. The zero-order chi connectivity index (χ0) is 24.6. The molecule has 174 valence electrons. The van der Waals surface area contributed by atoms with E-state index in [1.54, 1.807) is 30.5 Å². The van der Waals surface area contributed by atoms with Crippen LogP contribution in [0.25, 0.3) is 22.0 Å². The molecule has 0 saturated carbocycles. The number of aromatic amines is 1. The van der Waals surface area contributed by atoms with Gasteiger partial charge in [-0.2, -0.15) is 0 Å². The second-order valence-electron chi connectivity index (χ2n) is 7.93. The molecule has 2 heterocycles. The van der Waals surface area contributed by atoms with Crippen molar-refractivity contribution in [3.63, 3.8) is 0 Å². The van der Waals surface area contributed by atoms with E-state index in [-0.39, 0.29) is 5.52 Å². The van der Waals surface area contributed by atoms with Crippen molar-refractivity contribution in [2.24, 2.45) is 0 Å². The van der Waals surface area contributed by atoms with E-state index >= 15 is 0 Å². The molecule has 2 aromatic carbocycles. The third-order valence-corrected chi connectivity index (χ3v) is 5.94. The number of carbonyl (C=O) groups excluding carboxylic acids is 1. The van der Waals surface area contributed by atoms with Gasteiger partial charge in [0.2, 0.25) is 10.0 Å². The predicted octanol–water partition coefficient (Wildman–Crippen LogP) is 4.60. The van der Waals surface area contributed by atoms with E-state index in [4.69, 9.17) is 4.74 Å². The topological polar surface area (TPSA) is 110 Å². The minimum Gasteiger partial charge on any atom is -0.456 e. The minimum absolute atomic E-state index is 0.229. The van der Waals surface area contributed by atoms with Crippen LogP contribution in [0.1, 0.15) is 15.9 Å². The Morgan fingerprint density at radius 1 is 1.12 bits per heavy atom. The normalized spacial score (nSPS) is 11.4. The molecule has 0 unspecified atom stereocenters. The molecule has 0 saturated heterocycles. The maximum absolute atomic E-state index is 12.8. The van der Waals surface area contributed by atoms with Crippen molar-refractivity contribution in [1.82, 2.24) is 9.55 Å². The maximum Gasteiger partial charge on any atom is 0.281 e. The molecule has 0 aliphatic rings. The Bertz CT molecular complexity index is 1590. The first kappa shape index (κ1) is 23.1. The molecule has 0 aliphatic heterocycles. The number of sulfonamides is 1. The zero-order valence-electron chi connectivity index (χ0n) is 18.9. The molecule has 0 fully saturated rings. The van der Waals surface area contributed by atoms with Gasteiger partial charge >= 0.3 is 0 Å². The van der Waals surface area contributed by atoms with Gasteiger partial charge in [-0.15, -0.1) is 0 Å². The van der Waals surface area contributed by atoms with E-state index in [9.17, 15) is 18.0 Å². The summed E-state index contributed by atoms with van der Waals surface area (Å²) in [6.45, 7) is 7.33. The van der Waals surface area contributed by atoms with Gasteiger partial charge in [-0.1, -0.05) is 24.8 Å². The van der Waals surface area contributed by atoms with E-state index in [1.807, 2.05) is 32.0 Å². The van der Waals surface area contributed by atoms with Crippen molar-refractivity contribution in [1.29, 1.82) is 0 Å². The van der Waals surface area contributed by atoms with Crippen LogP contribution in [0.2, 0.25) is 0 Å². The van der Waals surface area contributed by atoms with Crippen LogP contribution in [0.3, 0.4) is 0 Å². The molecule has 4 rings (SSSR count). The van der Waals surface area contributed by atoms with E-state index in [2.05, 4.69) is 16.3 Å². The Kier molecular flexibility index (Phi) is 5.89. The molecule has 9 heteroatoms. The lowest BCUT2D eigenvalue weighted by Gasteiger charge is -2.17. The Balaban J connectivity index is 2.02. The van der Waals surface area contributed by atoms with Gasteiger partial charge in [0.05, 0.1) is 6.26 Å². The van der Waals surface area contributed by atoms with Crippen LogP contribution in [0, 0.1) is 13.8 Å². The lowest BCUT2D eigenvalue weighted by Crippen LogP contribution is -2.25. The van der Waals surface area contributed by atoms with Gasteiger partial charge in [-0.3, -0.25) is 14.3 Å². The Labute approximate surface area is 196 Å². The number of aryl methyl sites for hydroxylation is 2. The Morgan fingerprint density at radius 3 is 2.47 bits per heavy atom. The number of fused-ring (bicyclic) bond motifs is 1. The van der Waals surface area contributed by atoms with Crippen LogP contribution in [0.5, 0.6) is 11.5 Å². The van der Waals surface area contributed by atoms with Crippen molar-refractivity contribution in [3.05, 3.63) is 89.0 Å². The molecule has 8 nitrogen and oxygen atoms in total. The number of carbonyl (C=O) groups is 1. The smallest absolute Gasteiger partial charge is 0.281 e. The lowest BCUT2D eigenvalue weighted by atomic mass is 10.0. The number of para-hydroxylation sites is 1. The Hall–Kier alpha value is -4.11. The predicted molar refractivity (Wildman–Crippen MR) is 133 cm³/mol. The third kappa shape index (κ3) is 4.38. The second-order valence-corrected chi connectivity index (χ2v) is 9.68. The van der Waals surface area contributed by atoms with Crippen molar-refractivity contribution >= 4 is 32.5 Å².